The van der Waals surface area contributed by atoms with Crippen molar-refractivity contribution in [1.82, 2.24) is 15.6 Å². The molecule has 1 aliphatic rings. The molecule has 0 spiro atoms. The van der Waals surface area contributed by atoms with Gasteiger partial charge in [0.1, 0.15) is 0 Å². The van der Waals surface area contributed by atoms with Crippen molar-refractivity contribution >= 4 is 27.4 Å². The van der Waals surface area contributed by atoms with E-state index in [0.717, 1.165) is 0 Å². The normalized spacial score (nSPS) is 18.8. The molecule has 24 heavy (non-hydrogen) atoms. The van der Waals surface area contributed by atoms with Crippen molar-refractivity contribution < 1.29 is 22.8 Å². The fraction of sp³-hybridized carbons (Fsp3) is 0.467. The molecule has 0 aromatic carbocycles. The van der Waals surface area contributed by atoms with Crippen molar-refractivity contribution in [3.8, 4) is 0 Å². The number of nitrogens with one attached hydrogen (secondary N) is 2. The van der Waals surface area contributed by atoms with Gasteiger partial charge in [-0.3, -0.25) is 19.4 Å². The summed E-state index contributed by atoms with van der Waals surface area (Å²) in [6.45, 7) is -0.240. The number of hydrogen-bond acceptors (Lipinski definition) is 6. The van der Waals surface area contributed by atoms with Crippen LogP contribution in [0.2, 0.25) is 0 Å². The van der Waals surface area contributed by atoms with Crippen LogP contribution in [0.1, 0.15) is 29.6 Å². The Morgan fingerprint density at radius 3 is 2.62 bits per heavy atom. The lowest BCUT2D eigenvalue weighted by molar-refractivity contribution is -0.126. The van der Waals surface area contributed by atoms with Crippen LogP contribution < -0.4 is 10.6 Å². The maximum Gasteiger partial charge on any atom is 0.239 e. The zero-order chi connectivity index (χ0) is 17.6. The van der Waals surface area contributed by atoms with Gasteiger partial charge in [-0.15, -0.1) is 0 Å². The minimum atomic E-state index is -3.06. The minimum absolute atomic E-state index is 0.0278. The van der Waals surface area contributed by atoms with Gasteiger partial charge in [0.05, 0.1) is 18.1 Å². The van der Waals surface area contributed by atoms with Gasteiger partial charge in [0, 0.05) is 36.8 Å². The molecular formula is C15H19N3O5S. The van der Waals surface area contributed by atoms with Crippen molar-refractivity contribution in [2.45, 2.75) is 25.3 Å². The monoisotopic (exact) mass is 353 g/mol. The molecule has 0 bridgehead atoms. The lowest BCUT2D eigenvalue weighted by atomic mass is 10.1. The minimum Gasteiger partial charge on any atom is -0.351 e. The summed E-state index contributed by atoms with van der Waals surface area (Å²) in [6.07, 6.45) is 3.38. The van der Waals surface area contributed by atoms with Gasteiger partial charge in [-0.1, -0.05) is 0 Å². The summed E-state index contributed by atoms with van der Waals surface area (Å²) in [5, 5.41) is 4.99. The Bertz CT molecular complexity index is 718. The van der Waals surface area contributed by atoms with Crippen molar-refractivity contribution in [1.29, 1.82) is 0 Å². The fourth-order valence-corrected chi connectivity index (χ4v) is 4.03. The Labute approximate surface area is 140 Å². The Hall–Kier alpha value is -2.29. The molecule has 1 aromatic rings. The summed E-state index contributed by atoms with van der Waals surface area (Å²) in [5.74, 6) is -1.04. The number of sulfone groups is 1. The van der Waals surface area contributed by atoms with Crippen LogP contribution in [0.4, 0.5) is 0 Å². The molecule has 8 nitrogen and oxygen atoms in total. The number of ketones is 1. The molecule has 0 aliphatic carbocycles. The topological polar surface area (TPSA) is 122 Å². The van der Waals surface area contributed by atoms with Crippen LogP contribution in [-0.4, -0.2) is 55.1 Å². The number of hydrogen-bond donors (Lipinski definition) is 2. The molecule has 9 heteroatoms. The quantitative estimate of drug-likeness (QED) is 0.635. The standard InChI is InChI=1S/C15H19N3O5S/c19-13(11-2-1-6-16-8-11)3-4-14(20)17-9-15(21)18-12-5-7-24(22,23)10-12/h1-2,6,8,12H,3-5,7,9-10H2,(H,17,20)(H,18,21). The van der Waals surface area contributed by atoms with Gasteiger partial charge in [-0.25, -0.2) is 8.42 Å². The fourth-order valence-electron chi connectivity index (χ4n) is 2.35. The van der Waals surface area contributed by atoms with E-state index >= 15 is 0 Å². The SMILES string of the molecule is O=C(CCC(=O)c1cccnc1)NCC(=O)NC1CCS(=O)(=O)C1. The summed E-state index contributed by atoms with van der Waals surface area (Å²) in [4.78, 5) is 39.0. The summed E-state index contributed by atoms with van der Waals surface area (Å²) in [7, 11) is -3.06. The molecular weight excluding hydrogens is 334 g/mol. The predicted octanol–water partition coefficient (Wildman–Crippen LogP) is -0.536. The van der Waals surface area contributed by atoms with Crippen LogP contribution in [0.15, 0.2) is 24.5 Å². The number of carbonyl (C=O) groups excluding carboxylic acids is 3. The molecule has 1 fully saturated rings. The largest absolute Gasteiger partial charge is 0.351 e. The average Bonchev–Trinajstić information content (AvgIpc) is 2.90. The van der Waals surface area contributed by atoms with Gasteiger partial charge in [0.15, 0.2) is 15.6 Å². The second kappa shape index (κ2) is 8.00. The maximum atomic E-state index is 11.8. The number of carbonyl (C=O) groups is 3. The van der Waals surface area contributed by atoms with E-state index in [2.05, 4.69) is 15.6 Å². The van der Waals surface area contributed by atoms with E-state index in [-0.39, 0.29) is 36.7 Å². The Kier molecular flexibility index (Phi) is 6.02. The summed E-state index contributed by atoms with van der Waals surface area (Å²) >= 11 is 0. The molecule has 130 valence electrons. The first-order valence-electron chi connectivity index (χ1n) is 7.55. The van der Waals surface area contributed by atoms with Crippen LogP contribution in [0.3, 0.4) is 0 Å². The Morgan fingerprint density at radius 1 is 1.21 bits per heavy atom. The van der Waals surface area contributed by atoms with Crippen LogP contribution in [0, 0.1) is 0 Å². The zero-order valence-corrected chi connectivity index (χ0v) is 13.8. The highest BCUT2D eigenvalue weighted by Gasteiger charge is 2.28. The zero-order valence-electron chi connectivity index (χ0n) is 13.0. The molecule has 1 aliphatic heterocycles. The highest BCUT2D eigenvalue weighted by Crippen LogP contribution is 2.10. The van der Waals surface area contributed by atoms with Gasteiger partial charge in [0.2, 0.25) is 11.8 Å². The molecule has 1 unspecified atom stereocenters. The molecule has 1 aromatic heterocycles. The average molecular weight is 353 g/mol. The first-order chi connectivity index (χ1) is 11.4. The summed E-state index contributed by atoms with van der Waals surface area (Å²) in [6, 6.07) is 2.86. The predicted molar refractivity (Wildman–Crippen MR) is 86.0 cm³/mol. The third kappa shape index (κ3) is 5.73. The highest BCUT2D eigenvalue weighted by atomic mass is 32.2. The summed E-state index contributed by atoms with van der Waals surface area (Å²) in [5.41, 5.74) is 0.436. The van der Waals surface area contributed by atoms with Gasteiger partial charge < -0.3 is 10.6 Å². The number of nitrogens with zero attached hydrogens (tertiary/aromatic N) is 1. The molecule has 0 radical (unpaired) electrons. The van der Waals surface area contributed by atoms with Crippen LogP contribution in [-0.2, 0) is 19.4 Å². The van der Waals surface area contributed by atoms with E-state index in [1.54, 1.807) is 18.3 Å². The van der Waals surface area contributed by atoms with Crippen molar-refractivity contribution in [2.24, 2.45) is 0 Å². The van der Waals surface area contributed by atoms with E-state index in [4.69, 9.17) is 0 Å². The van der Waals surface area contributed by atoms with E-state index in [1.165, 1.54) is 6.20 Å². The molecule has 2 N–H and O–H groups in total. The Balaban J connectivity index is 1.66. The molecule has 1 saturated heterocycles. The lowest BCUT2D eigenvalue weighted by Crippen LogP contribution is -2.42. The third-order valence-electron chi connectivity index (χ3n) is 3.61. The van der Waals surface area contributed by atoms with Gasteiger partial charge in [0.25, 0.3) is 0 Å². The Morgan fingerprint density at radius 2 is 2.00 bits per heavy atom. The third-order valence-corrected chi connectivity index (χ3v) is 5.37. The number of amides is 2. The number of rotatable bonds is 7. The number of aromatic nitrogens is 1. The van der Waals surface area contributed by atoms with E-state index < -0.39 is 27.7 Å². The smallest absolute Gasteiger partial charge is 0.239 e. The van der Waals surface area contributed by atoms with Crippen LogP contribution in [0.5, 0.6) is 0 Å². The molecule has 0 saturated carbocycles. The highest BCUT2D eigenvalue weighted by molar-refractivity contribution is 7.91. The van der Waals surface area contributed by atoms with Gasteiger partial charge >= 0.3 is 0 Å². The second-order valence-electron chi connectivity index (χ2n) is 5.61. The van der Waals surface area contributed by atoms with Gasteiger partial charge in [-0.05, 0) is 18.6 Å². The van der Waals surface area contributed by atoms with Crippen molar-refractivity contribution in [3.05, 3.63) is 30.1 Å². The van der Waals surface area contributed by atoms with Crippen molar-refractivity contribution in [2.75, 3.05) is 18.1 Å². The van der Waals surface area contributed by atoms with E-state index in [0.29, 0.717) is 12.0 Å². The molecule has 2 rings (SSSR count). The number of pyridine rings is 1. The van der Waals surface area contributed by atoms with E-state index in [9.17, 15) is 22.8 Å². The maximum absolute atomic E-state index is 11.8. The first kappa shape index (κ1) is 18.1. The van der Waals surface area contributed by atoms with Crippen LogP contribution in [0.25, 0.3) is 0 Å². The van der Waals surface area contributed by atoms with E-state index in [1.807, 2.05) is 0 Å². The number of Topliss-reactive ketones (excluding diaryl/α,β-unsaturated/α-hetero) is 1. The first-order valence-corrected chi connectivity index (χ1v) is 9.37. The van der Waals surface area contributed by atoms with Crippen molar-refractivity contribution in [3.63, 3.8) is 0 Å². The summed E-state index contributed by atoms with van der Waals surface area (Å²) < 4.78 is 22.6. The van der Waals surface area contributed by atoms with Gasteiger partial charge in [-0.2, -0.15) is 0 Å². The molecule has 2 amide bonds. The molecule has 1 atom stereocenters. The lowest BCUT2D eigenvalue weighted by Gasteiger charge is -2.11. The molecule has 2 heterocycles. The van der Waals surface area contributed by atoms with Crippen LogP contribution >= 0.6 is 0 Å². The second-order valence-corrected chi connectivity index (χ2v) is 7.84.